The molecule has 0 fully saturated rings. The van der Waals surface area contributed by atoms with E-state index in [2.05, 4.69) is 10.6 Å². The van der Waals surface area contributed by atoms with Crippen molar-refractivity contribution >= 4 is 35.2 Å². The van der Waals surface area contributed by atoms with Crippen molar-refractivity contribution < 1.29 is 24.3 Å². The van der Waals surface area contributed by atoms with E-state index in [1.165, 1.54) is 41.3 Å². The molecule has 28 heavy (non-hydrogen) atoms. The van der Waals surface area contributed by atoms with Crippen molar-refractivity contribution in [3.8, 4) is 0 Å². The van der Waals surface area contributed by atoms with Gasteiger partial charge >= 0.3 is 12.0 Å². The van der Waals surface area contributed by atoms with Crippen LogP contribution < -0.4 is 10.6 Å². The number of imide groups is 1. The molecule has 1 aliphatic rings. The van der Waals surface area contributed by atoms with Crippen LogP contribution in [0.5, 0.6) is 0 Å². The number of carbonyl (C=O) groups excluding carboxylic acids is 3. The van der Waals surface area contributed by atoms with E-state index in [9.17, 15) is 19.2 Å². The van der Waals surface area contributed by atoms with Crippen molar-refractivity contribution in [3.05, 3.63) is 59.2 Å². The highest BCUT2D eigenvalue weighted by atomic mass is 16.4. The minimum atomic E-state index is -1.10. The highest BCUT2D eigenvalue weighted by molar-refractivity contribution is 6.22. The quantitative estimate of drug-likeness (QED) is 0.705. The monoisotopic (exact) mass is 381 g/mol. The number of nitrogens with zero attached hydrogens (tertiary/aromatic N) is 1. The van der Waals surface area contributed by atoms with Gasteiger partial charge in [-0.1, -0.05) is 6.07 Å². The minimum absolute atomic E-state index is 0.0433. The number of benzene rings is 2. The third kappa shape index (κ3) is 3.57. The number of hydrogen-bond acceptors (Lipinski definition) is 4. The molecule has 1 aliphatic heterocycles. The summed E-state index contributed by atoms with van der Waals surface area (Å²) in [6.45, 7) is 5.31. The van der Waals surface area contributed by atoms with Crippen molar-refractivity contribution in [1.82, 2.24) is 4.90 Å². The predicted molar refractivity (Wildman–Crippen MR) is 103 cm³/mol. The Labute approximate surface area is 161 Å². The van der Waals surface area contributed by atoms with Crippen molar-refractivity contribution in [2.45, 2.75) is 26.3 Å². The van der Waals surface area contributed by atoms with Crippen LogP contribution in [0, 0.1) is 0 Å². The second-order valence-corrected chi connectivity index (χ2v) is 7.34. The summed E-state index contributed by atoms with van der Waals surface area (Å²) < 4.78 is 0. The molecule has 8 nitrogen and oxygen atoms in total. The lowest BCUT2D eigenvalue weighted by Gasteiger charge is -2.29. The zero-order chi connectivity index (χ0) is 20.6. The smallest absolute Gasteiger partial charge is 0.335 e. The summed E-state index contributed by atoms with van der Waals surface area (Å²) in [5.74, 6) is -1.88. The van der Waals surface area contributed by atoms with E-state index >= 15 is 0 Å². The molecule has 0 aliphatic carbocycles. The molecule has 0 saturated carbocycles. The van der Waals surface area contributed by atoms with Gasteiger partial charge in [0, 0.05) is 16.9 Å². The Balaban J connectivity index is 1.77. The number of fused-ring (bicyclic) bond motifs is 1. The Morgan fingerprint density at radius 1 is 0.893 bits per heavy atom. The molecule has 0 spiro atoms. The second-order valence-electron chi connectivity index (χ2n) is 7.34. The van der Waals surface area contributed by atoms with Gasteiger partial charge in [0.25, 0.3) is 11.8 Å². The van der Waals surface area contributed by atoms with E-state index in [-0.39, 0.29) is 17.0 Å². The number of amides is 4. The first-order valence-electron chi connectivity index (χ1n) is 8.52. The molecule has 4 amide bonds. The minimum Gasteiger partial charge on any atom is -0.478 e. The van der Waals surface area contributed by atoms with Crippen LogP contribution in [0.25, 0.3) is 0 Å². The first-order chi connectivity index (χ1) is 13.1. The fraction of sp³-hybridized carbons (Fsp3) is 0.200. The number of nitrogens with one attached hydrogen (secondary N) is 2. The predicted octanol–water partition coefficient (Wildman–Crippen LogP) is 3.42. The summed E-state index contributed by atoms with van der Waals surface area (Å²) in [6.07, 6.45) is 0. The maximum Gasteiger partial charge on any atom is 0.335 e. The molecule has 1 heterocycles. The average molecular weight is 381 g/mol. The number of aromatic carboxylic acids is 1. The maximum atomic E-state index is 12.6. The van der Waals surface area contributed by atoms with E-state index in [1.54, 1.807) is 26.8 Å². The van der Waals surface area contributed by atoms with Crippen molar-refractivity contribution in [2.75, 3.05) is 10.6 Å². The standard InChI is InChI=1S/C20H19N3O5/c1-20(2,3)23-16(24)14-8-7-13(10-15(14)17(23)25)22-19(28)21-12-6-4-5-11(9-12)18(26)27/h4-10H,1-3H3,(H,26,27)(H2,21,22,28). The van der Waals surface area contributed by atoms with Gasteiger partial charge in [-0.3, -0.25) is 14.5 Å². The largest absolute Gasteiger partial charge is 0.478 e. The van der Waals surface area contributed by atoms with Gasteiger partial charge in [-0.25, -0.2) is 9.59 Å². The molecule has 0 bridgehead atoms. The Hall–Kier alpha value is -3.68. The number of carboxylic acid groups (broad SMARTS) is 1. The zero-order valence-corrected chi connectivity index (χ0v) is 15.6. The second kappa shape index (κ2) is 6.80. The van der Waals surface area contributed by atoms with Gasteiger partial charge in [0.1, 0.15) is 0 Å². The third-order valence-corrected chi connectivity index (χ3v) is 4.18. The summed E-state index contributed by atoms with van der Waals surface area (Å²) >= 11 is 0. The van der Waals surface area contributed by atoms with Crippen LogP contribution in [0.3, 0.4) is 0 Å². The summed E-state index contributed by atoms with van der Waals surface area (Å²) in [5.41, 5.74) is 0.548. The molecule has 2 aromatic carbocycles. The van der Waals surface area contributed by atoms with Gasteiger partial charge in [-0.2, -0.15) is 0 Å². The lowest BCUT2D eigenvalue weighted by molar-refractivity contribution is 0.0506. The molecule has 0 atom stereocenters. The normalized spacial score (nSPS) is 13.3. The number of carboxylic acids is 1. The fourth-order valence-electron chi connectivity index (χ4n) is 2.95. The molecule has 3 rings (SSSR count). The summed E-state index contributed by atoms with van der Waals surface area (Å²) in [5, 5.41) is 14.1. The number of hydrogen-bond donors (Lipinski definition) is 3. The first-order valence-corrected chi connectivity index (χ1v) is 8.52. The fourth-order valence-corrected chi connectivity index (χ4v) is 2.95. The zero-order valence-electron chi connectivity index (χ0n) is 15.6. The van der Waals surface area contributed by atoms with Crippen LogP contribution >= 0.6 is 0 Å². The number of rotatable bonds is 3. The molecule has 0 saturated heterocycles. The molecule has 2 aromatic rings. The third-order valence-electron chi connectivity index (χ3n) is 4.18. The summed E-state index contributed by atoms with van der Waals surface area (Å²) in [4.78, 5) is 49.5. The molecule has 144 valence electrons. The van der Waals surface area contributed by atoms with Crippen LogP contribution in [0.1, 0.15) is 51.8 Å². The Morgan fingerprint density at radius 2 is 1.50 bits per heavy atom. The highest BCUT2D eigenvalue weighted by Crippen LogP contribution is 2.31. The van der Waals surface area contributed by atoms with Crippen LogP contribution in [-0.4, -0.2) is 39.4 Å². The average Bonchev–Trinajstić information content (AvgIpc) is 2.85. The SMILES string of the molecule is CC(C)(C)N1C(=O)c2ccc(NC(=O)Nc3cccc(C(=O)O)c3)cc2C1=O. The van der Waals surface area contributed by atoms with Crippen LogP contribution in [0.2, 0.25) is 0 Å². The number of anilines is 2. The van der Waals surface area contributed by atoms with Gasteiger partial charge in [-0.15, -0.1) is 0 Å². The van der Waals surface area contributed by atoms with Gasteiger partial charge in [0.05, 0.1) is 16.7 Å². The Morgan fingerprint density at radius 3 is 2.11 bits per heavy atom. The highest BCUT2D eigenvalue weighted by Gasteiger charge is 2.41. The van der Waals surface area contributed by atoms with E-state index in [0.717, 1.165) is 0 Å². The molecular formula is C20H19N3O5. The van der Waals surface area contributed by atoms with E-state index in [0.29, 0.717) is 16.9 Å². The molecule has 0 unspecified atom stereocenters. The van der Waals surface area contributed by atoms with Crippen LogP contribution in [-0.2, 0) is 0 Å². The molecular weight excluding hydrogens is 362 g/mol. The maximum absolute atomic E-state index is 12.6. The van der Waals surface area contributed by atoms with Crippen molar-refractivity contribution in [3.63, 3.8) is 0 Å². The topological polar surface area (TPSA) is 116 Å². The van der Waals surface area contributed by atoms with Crippen LogP contribution in [0.4, 0.5) is 16.2 Å². The lowest BCUT2D eigenvalue weighted by atomic mass is 10.1. The van der Waals surface area contributed by atoms with Gasteiger partial charge in [0.15, 0.2) is 0 Å². The first kappa shape index (κ1) is 19.1. The van der Waals surface area contributed by atoms with Crippen molar-refractivity contribution in [1.29, 1.82) is 0 Å². The summed E-state index contributed by atoms with van der Waals surface area (Å²) in [7, 11) is 0. The van der Waals surface area contributed by atoms with Gasteiger partial charge in [-0.05, 0) is 57.2 Å². The van der Waals surface area contributed by atoms with Gasteiger partial charge < -0.3 is 15.7 Å². The van der Waals surface area contributed by atoms with E-state index in [4.69, 9.17) is 5.11 Å². The van der Waals surface area contributed by atoms with E-state index < -0.39 is 23.4 Å². The van der Waals surface area contributed by atoms with Crippen LogP contribution in [0.15, 0.2) is 42.5 Å². The Bertz CT molecular complexity index is 1010. The van der Waals surface area contributed by atoms with Gasteiger partial charge in [0.2, 0.25) is 0 Å². The summed E-state index contributed by atoms with van der Waals surface area (Å²) in [6, 6.07) is 9.69. The molecule has 3 N–H and O–H groups in total. The number of urea groups is 1. The van der Waals surface area contributed by atoms with E-state index in [1.807, 2.05) is 0 Å². The molecule has 8 heteroatoms. The number of carbonyl (C=O) groups is 4. The Kier molecular flexibility index (Phi) is 4.64. The molecule has 0 radical (unpaired) electrons. The lowest BCUT2D eigenvalue weighted by Crippen LogP contribution is -2.45. The van der Waals surface area contributed by atoms with Crippen molar-refractivity contribution in [2.24, 2.45) is 0 Å². The molecule has 0 aromatic heterocycles.